The van der Waals surface area contributed by atoms with Crippen LogP contribution in [0.25, 0.3) is 0 Å². The molecular weight excluding hydrogens is 200 g/mol. The number of ketones is 1. The molecule has 0 spiro atoms. The van der Waals surface area contributed by atoms with Crippen molar-refractivity contribution in [3.8, 4) is 0 Å². The van der Waals surface area contributed by atoms with Crippen LogP contribution in [0.1, 0.15) is 24.8 Å². The largest absolute Gasteiger partial charge is 0.497 e. The lowest BCUT2D eigenvalue weighted by atomic mass is 10.0. The number of rotatable bonds is 4. The highest BCUT2D eigenvalue weighted by Gasteiger charge is 2.15. The monoisotopic (exact) mass is 216 g/mol. The molecule has 1 aliphatic heterocycles. The van der Waals surface area contributed by atoms with Gasteiger partial charge in [0.2, 0.25) is 0 Å². The van der Waals surface area contributed by atoms with Crippen molar-refractivity contribution in [2.45, 2.75) is 31.8 Å². The zero-order valence-corrected chi connectivity index (χ0v) is 9.26. The smallest absolute Gasteiger partial charge is 0.162 e. The topological polar surface area (TPSA) is 26.3 Å². The number of hydrogen-bond donors (Lipinski definition) is 0. The first kappa shape index (κ1) is 10.9. The Morgan fingerprint density at radius 1 is 1.25 bits per heavy atom. The van der Waals surface area contributed by atoms with Gasteiger partial charge in [-0.15, -0.1) is 0 Å². The van der Waals surface area contributed by atoms with Gasteiger partial charge in [0.25, 0.3) is 0 Å². The van der Waals surface area contributed by atoms with Crippen molar-refractivity contribution in [2.24, 2.45) is 0 Å². The molecule has 16 heavy (non-hydrogen) atoms. The fourth-order valence-corrected chi connectivity index (χ4v) is 1.92. The number of carbonyl (C=O) groups is 1. The molecule has 2 heteroatoms. The molecule has 1 heterocycles. The quantitative estimate of drug-likeness (QED) is 0.773. The van der Waals surface area contributed by atoms with Gasteiger partial charge in [-0.1, -0.05) is 30.3 Å². The van der Waals surface area contributed by atoms with Crippen LogP contribution in [0, 0.1) is 0 Å². The average Bonchev–Trinajstić information content (AvgIpc) is 2.30. The lowest BCUT2D eigenvalue weighted by molar-refractivity contribution is -0.118. The van der Waals surface area contributed by atoms with E-state index in [-0.39, 0.29) is 11.9 Å². The molecule has 0 radical (unpaired) electrons. The standard InChI is InChI=1S/C14H16O2/c15-13-9-10-16-14(11-13)8-4-7-12-5-2-1-3-6-12/h1-3,5-6,9-10,14H,4,7-8,11H2. The van der Waals surface area contributed by atoms with Gasteiger partial charge in [-0.3, -0.25) is 4.79 Å². The minimum absolute atomic E-state index is 0.0845. The van der Waals surface area contributed by atoms with E-state index >= 15 is 0 Å². The summed E-state index contributed by atoms with van der Waals surface area (Å²) in [5.41, 5.74) is 1.35. The molecule has 0 N–H and O–H groups in total. The summed E-state index contributed by atoms with van der Waals surface area (Å²) in [7, 11) is 0. The lowest BCUT2D eigenvalue weighted by Gasteiger charge is -2.18. The van der Waals surface area contributed by atoms with Gasteiger partial charge < -0.3 is 4.74 Å². The van der Waals surface area contributed by atoms with Gasteiger partial charge >= 0.3 is 0 Å². The second-order valence-corrected chi connectivity index (χ2v) is 4.11. The SMILES string of the molecule is O=C1C=COC(CCCc2ccccc2)C1. The Bertz CT molecular complexity index is 368. The van der Waals surface area contributed by atoms with E-state index in [9.17, 15) is 4.79 Å². The number of benzene rings is 1. The van der Waals surface area contributed by atoms with Crippen molar-refractivity contribution < 1.29 is 9.53 Å². The summed E-state index contributed by atoms with van der Waals surface area (Å²) in [6.07, 6.45) is 6.72. The molecule has 2 nitrogen and oxygen atoms in total. The molecule has 0 amide bonds. The van der Waals surface area contributed by atoms with Gasteiger partial charge in [-0.2, -0.15) is 0 Å². The zero-order chi connectivity index (χ0) is 11.2. The molecular formula is C14H16O2. The van der Waals surface area contributed by atoms with Crippen molar-refractivity contribution in [2.75, 3.05) is 0 Å². The maximum Gasteiger partial charge on any atom is 0.162 e. The predicted octanol–water partition coefficient (Wildman–Crippen LogP) is 2.88. The van der Waals surface area contributed by atoms with Gasteiger partial charge in [0, 0.05) is 12.5 Å². The summed E-state index contributed by atoms with van der Waals surface area (Å²) in [5, 5.41) is 0. The van der Waals surface area contributed by atoms with E-state index in [2.05, 4.69) is 24.3 Å². The van der Waals surface area contributed by atoms with Crippen molar-refractivity contribution >= 4 is 5.78 Å². The Morgan fingerprint density at radius 2 is 2.06 bits per heavy atom. The predicted molar refractivity (Wildman–Crippen MR) is 63.0 cm³/mol. The van der Waals surface area contributed by atoms with E-state index in [0.29, 0.717) is 6.42 Å². The van der Waals surface area contributed by atoms with Crippen LogP contribution < -0.4 is 0 Å². The van der Waals surface area contributed by atoms with E-state index in [0.717, 1.165) is 19.3 Å². The molecule has 0 saturated heterocycles. The third-order valence-electron chi connectivity index (χ3n) is 2.79. The van der Waals surface area contributed by atoms with E-state index < -0.39 is 0 Å². The van der Waals surface area contributed by atoms with Crippen LogP contribution in [-0.2, 0) is 16.0 Å². The Balaban J connectivity index is 1.72. The van der Waals surface area contributed by atoms with E-state index in [1.807, 2.05) is 6.07 Å². The highest BCUT2D eigenvalue weighted by Crippen LogP contribution is 2.15. The van der Waals surface area contributed by atoms with Crippen LogP contribution in [0.2, 0.25) is 0 Å². The summed E-state index contributed by atoms with van der Waals surface area (Å²) >= 11 is 0. The second-order valence-electron chi connectivity index (χ2n) is 4.11. The third kappa shape index (κ3) is 3.23. The molecule has 84 valence electrons. The summed E-state index contributed by atoms with van der Waals surface area (Å²) < 4.78 is 5.38. The molecule has 1 aromatic carbocycles. The first-order chi connectivity index (χ1) is 7.84. The van der Waals surface area contributed by atoms with Gasteiger partial charge in [0.1, 0.15) is 6.10 Å². The molecule has 1 atom stereocenters. The first-order valence-electron chi connectivity index (χ1n) is 5.73. The second kappa shape index (κ2) is 5.50. The highest BCUT2D eigenvalue weighted by atomic mass is 16.5. The molecule has 0 saturated carbocycles. The molecule has 0 fully saturated rings. The number of ether oxygens (including phenoxy) is 1. The summed E-state index contributed by atoms with van der Waals surface area (Å²) in [5.74, 6) is 0.177. The van der Waals surface area contributed by atoms with Gasteiger partial charge in [-0.25, -0.2) is 0 Å². The van der Waals surface area contributed by atoms with Crippen molar-refractivity contribution in [3.05, 3.63) is 48.2 Å². The first-order valence-corrected chi connectivity index (χ1v) is 5.73. The van der Waals surface area contributed by atoms with Gasteiger partial charge in [-0.05, 0) is 24.8 Å². The Kier molecular flexibility index (Phi) is 3.76. The summed E-state index contributed by atoms with van der Waals surface area (Å²) in [6, 6.07) is 10.4. The minimum atomic E-state index is 0.0845. The van der Waals surface area contributed by atoms with Crippen LogP contribution in [0.3, 0.4) is 0 Å². The summed E-state index contributed by atoms with van der Waals surface area (Å²) in [4.78, 5) is 11.1. The van der Waals surface area contributed by atoms with E-state index in [1.165, 1.54) is 17.9 Å². The molecule has 1 aliphatic rings. The molecule has 1 unspecified atom stereocenters. The highest BCUT2D eigenvalue weighted by molar-refractivity contribution is 5.90. The lowest BCUT2D eigenvalue weighted by Crippen LogP contribution is -2.18. The molecule has 0 aromatic heterocycles. The minimum Gasteiger partial charge on any atom is -0.497 e. The Morgan fingerprint density at radius 3 is 2.81 bits per heavy atom. The fraction of sp³-hybridized carbons (Fsp3) is 0.357. The van der Waals surface area contributed by atoms with Gasteiger partial charge in [0.15, 0.2) is 5.78 Å². The molecule has 0 bridgehead atoms. The Labute approximate surface area is 95.9 Å². The molecule has 0 aliphatic carbocycles. The molecule has 1 aromatic rings. The normalized spacial score (nSPS) is 19.5. The Hall–Kier alpha value is -1.57. The van der Waals surface area contributed by atoms with Gasteiger partial charge in [0.05, 0.1) is 6.26 Å². The van der Waals surface area contributed by atoms with E-state index in [4.69, 9.17) is 4.74 Å². The van der Waals surface area contributed by atoms with Crippen molar-refractivity contribution in [1.82, 2.24) is 0 Å². The van der Waals surface area contributed by atoms with Crippen LogP contribution in [0.15, 0.2) is 42.7 Å². The number of allylic oxidation sites excluding steroid dienone is 1. The van der Waals surface area contributed by atoms with Crippen LogP contribution in [-0.4, -0.2) is 11.9 Å². The number of hydrogen-bond acceptors (Lipinski definition) is 2. The van der Waals surface area contributed by atoms with Crippen molar-refractivity contribution in [3.63, 3.8) is 0 Å². The number of carbonyl (C=O) groups excluding carboxylic acids is 1. The van der Waals surface area contributed by atoms with Crippen molar-refractivity contribution in [1.29, 1.82) is 0 Å². The molecule has 2 rings (SSSR count). The van der Waals surface area contributed by atoms with Crippen LogP contribution in [0.5, 0.6) is 0 Å². The maximum absolute atomic E-state index is 11.1. The fourth-order valence-electron chi connectivity index (χ4n) is 1.92. The maximum atomic E-state index is 11.1. The summed E-state index contributed by atoms with van der Waals surface area (Å²) in [6.45, 7) is 0. The van der Waals surface area contributed by atoms with E-state index in [1.54, 1.807) is 0 Å². The van der Waals surface area contributed by atoms with Crippen LogP contribution in [0.4, 0.5) is 0 Å². The van der Waals surface area contributed by atoms with Crippen LogP contribution >= 0.6 is 0 Å². The third-order valence-corrected chi connectivity index (χ3v) is 2.79. The zero-order valence-electron chi connectivity index (χ0n) is 9.26. The average molecular weight is 216 g/mol. The number of aryl methyl sites for hydroxylation is 1.